The summed E-state index contributed by atoms with van der Waals surface area (Å²) in [6, 6.07) is 9.72. The molecule has 2 aromatic rings. The van der Waals surface area contributed by atoms with E-state index in [1.54, 1.807) is 12.1 Å². The number of hydrogen-bond donors (Lipinski definition) is 1. The van der Waals surface area contributed by atoms with Crippen molar-refractivity contribution in [2.75, 3.05) is 18.5 Å². The second kappa shape index (κ2) is 7.79. The van der Waals surface area contributed by atoms with E-state index in [1.807, 2.05) is 0 Å². The van der Waals surface area contributed by atoms with Crippen LogP contribution in [0.3, 0.4) is 0 Å². The Labute approximate surface area is 153 Å². The molecule has 5 heteroatoms. The standard InChI is InChI=1S/C20H22ClNO3/c1-13-4-5-15(14(2)10-13)6-7-20(23)22-17-12-19-18(11-16(17)21)24-8-3-9-25-19/h4-5,10-12H,3,6-9H2,1-2H3,(H,22,23). The molecule has 2 aromatic carbocycles. The Balaban J connectivity index is 1.65. The molecule has 0 saturated heterocycles. The fourth-order valence-corrected chi connectivity index (χ4v) is 3.07. The number of benzene rings is 2. The first-order chi connectivity index (χ1) is 12.0. The van der Waals surface area contributed by atoms with Crippen molar-refractivity contribution in [3.63, 3.8) is 0 Å². The number of carbonyl (C=O) groups is 1. The number of aryl methyl sites for hydroxylation is 3. The lowest BCUT2D eigenvalue weighted by molar-refractivity contribution is -0.116. The van der Waals surface area contributed by atoms with Gasteiger partial charge in [-0.3, -0.25) is 4.79 Å². The van der Waals surface area contributed by atoms with Crippen LogP contribution in [0, 0.1) is 13.8 Å². The molecule has 0 aliphatic carbocycles. The normalized spacial score (nSPS) is 13.2. The third-order valence-electron chi connectivity index (χ3n) is 4.23. The highest BCUT2D eigenvalue weighted by molar-refractivity contribution is 6.34. The minimum atomic E-state index is -0.0728. The summed E-state index contributed by atoms with van der Waals surface area (Å²) in [6.07, 6.45) is 1.92. The second-order valence-electron chi connectivity index (χ2n) is 6.31. The minimum Gasteiger partial charge on any atom is -0.490 e. The molecule has 0 saturated carbocycles. The van der Waals surface area contributed by atoms with Gasteiger partial charge in [0.25, 0.3) is 0 Å². The first-order valence-corrected chi connectivity index (χ1v) is 8.86. The number of anilines is 1. The van der Waals surface area contributed by atoms with E-state index in [4.69, 9.17) is 21.1 Å². The third kappa shape index (κ3) is 4.45. The van der Waals surface area contributed by atoms with Crippen molar-refractivity contribution < 1.29 is 14.3 Å². The average molecular weight is 360 g/mol. The molecule has 1 aliphatic rings. The summed E-state index contributed by atoms with van der Waals surface area (Å²) < 4.78 is 11.2. The van der Waals surface area contributed by atoms with Crippen LogP contribution in [-0.4, -0.2) is 19.1 Å². The van der Waals surface area contributed by atoms with Gasteiger partial charge in [-0.15, -0.1) is 0 Å². The van der Waals surface area contributed by atoms with Gasteiger partial charge >= 0.3 is 0 Å². The highest BCUT2D eigenvalue weighted by atomic mass is 35.5. The Hall–Kier alpha value is -2.20. The largest absolute Gasteiger partial charge is 0.490 e. The molecule has 0 unspecified atom stereocenters. The molecule has 0 bridgehead atoms. The van der Waals surface area contributed by atoms with Crippen LogP contribution in [-0.2, 0) is 11.2 Å². The van der Waals surface area contributed by atoms with E-state index in [0.29, 0.717) is 48.3 Å². The van der Waals surface area contributed by atoms with Gasteiger partial charge in [0.15, 0.2) is 11.5 Å². The van der Waals surface area contributed by atoms with Gasteiger partial charge in [-0.2, -0.15) is 0 Å². The maximum atomic E-state index is 12.3. The van der Waals surface area contributed by atoms with Crippen molar-refractivity contribution in [1.29, 1.82) is 0 Å². The lowest BCUT2D eigenvalue weighted by atomic mass is 10.0. The number of amides is 1. The van der Waals surface area contributed by atoms with E-state index in [9.17, 15) is 4.79 Å². The highest BCUT2D eigenvalue weighted by Gasteiger charge is 2.15. The van der Waals surface area contributed by atoms with Crippen molar-refractivity contribution in [1.82, 2.24) is 0 Å². The SMILES string of the molecule is Cc1ccc(CCC(=O)Nc2cc3c(cc2Cl)OCCCO3)c(C)c1. The zero-order valence-electron chi connectivity index (χ0n) is 14.5. The quantitative estimate of drug-likeness (QED) is 0.861. The maximum absolute atomic E-state index is 12.3. The molecule has 1 amide bonds. The van der Waals surface area contributed by atoms with Gasteiger partial charge in [0.1, 0.15) is 0 Å². The van der Waals surface area contributed by atoms with Crippen LogP contribution in [0.15, 0.2) is 30.3 Å². The number of halogens is 1. The maximum Gasteiger partial charge on any atom is 0.224 e. The Morgan fingerprint density at radius 2 is 1.84 bits per heavy atom. The molecule has 3 rings (SSSR count). The van der Waals surface area contributed by atoms with Crippen molar-refractivity contribution in [2.45, 2.75) is 33.1 Å². The summed E-state index contributed by atoms with van der Waals surface area (Å²) in [5.41, 5.74) is 4.17. The molecule has 1 heterocycles. The molecule has 0 aromatic heterocycles. The van der Waals surface area contributed by atoms with Crippen molar-refractivity contribution in [2.24, 2.45) is 0 Å². The topological polar surface area (TPSA) is 47.6 Å². The smallest absolute Gasteiger partial charge is 0.224 e. The Morgan fingerprint density at radius 3 is 2.56 bits per heavy atom. The molecule has 4 nitrogen and oxygen atoms in total. The number of ether oxygens (including phenoxy) is 2. The van der Waals surface area contributed by atoms with Crippen molar-refractivity contribution in [3.05, 3.63) is 52.0 Å². The summed E-state index contributed by atoms with van der Waals surface area (Å²) in [6.45, 7) is 5.33. The summed E-state index contributed by atoms with van der Waals surface area (Å²) in [4.78, 5) is 12.3. The van der Waals surface area contributed by atoms with Gasteiger partial charge in [-0.1, -0.05) is 35.4 Å². The van der Waals surface area contributed by atoms with Crippen LogP contribution in [0.25, 0.3) is 0 Å². The van der Waals surface area contributed by atoms with Gasteiger partial charge in [0, 0.05) is 25.0 Å². The number of fused-ring (bicyclic) bond motifs is 1. The van der Waals surface area contributed by atoms with Crippen LogP contribution in [0.5, 0.6) is 11.5 Å². The number of nitrogens with one attached hydrogen (secondary N) is 1. The summed E-state index contributed by atoms with van der Waals surface area (Å²) in [5, 5.41) is 3.32. The van der Waals surface area contributed by atoms with Crippen molar-refractivity contribution in [3.8, 4) is 11.5 Å². The minimum absolute atomic E-state index is 0.0728. The fraction of sp³-hybridized carbons (Fsp3) is 0.350. The molecule has 0 radical (unpaired) electrons. The van der Waals surface area contributed by atoms with Crippen molar-refractivity contribution >= 4 is 23.2 Å². The van der Waals surface area contributed by atoms with Gasteiger partial charge < -0.3 is 14.8 Å². The number of rotatable bonds is 4. The van der Waals surface area contributed by atoms with Crippen LogP contribution in [0.1, 0.15) is 29.5 Å². The number of carbonyl (C=O) groups excluding carboxylic acids is 1. The van der Waals surface area contributed by atoms with E-state index in [2.05, 4.69) is 37.4 Å². The molecule has 0 spiro atoms. The van der Waals surface area contributed by atoms with E-state index in [1.165, 1.54) is 16.7 Å². The van der Waals surface area contributed by atoms with Crippen LogP contribution in [0.4, 0.5) is 5.69 Å². The number of hydrogen-bond acceptors (Lipinski definition) is 3. The Kier molecular flexibility index (Phi) is 5.49. The average Bonchev–Trinajstić information content (AvgIpc) is 2.79. The van der Waals surface area contributed by atoms with E-state index in [0.717, 1.165) is 6.42 Å². The zero-order chi connectivity index (χ0) is 17.8. The van der Waals surface area contributed by atoms with Crippen LogP contribution < -0.4 is 14.8 Å². The molecule has 0 atom stereocenters. The van der Waals surface area contributed by atoms with Crippen LogP contribution in [0.2, 0.25) is 5.02 Å². The summed E-state index contributed by atoms with van der Waals surface area (Å²) >= 11 is 6.27. The van der Waals surface area contributed by atoms with Gasteiger partial charge in [0.2, 0.25) is 5.91 Å². The van der Waals surface area contributed by atoms with E-state index < -0.39 is 0 Å². The fourth-order valence-electron chi connectivity index (χ4n) is 2.87. The lowest BCUT2D eigenvalue weighted by Gasteiger charge is -2.13. The van der Waals surface area contributed by atoms with Gasteiger partial charge in [0.05, 0.1) is 23.9 Å². The first kappa shape index (κ1) is 17.6. The molecular formula is C20H22ClNO3. The summed E-state index contributed by atoms with van der Waals surface area (Å²) in [5.74, 6) is 1.17. The monoisotopic (exact) mass is 359 g/mol. The third-order valence-corrected chi connectivity index (χ3v) is 4.54. The van der Waals surface area contributed by atoms with E-state index in [-0.39, 0.29) is 5.91 Å². The first-order valence-electron chi connectivity index (χ1n) is 8.48. The molecule has 25 heavy (non-hydrogen) atoms. The Morgan fingerprint density at radius 1 is 1.12 bits per heavy atom. The molecule has 0 fully saturated rings. The van der Waals surface area contributed by atoms with E-state index >= 15 is 0 Å². The Bertz CT molecular complexity index is 789. The molecule has 1 aliphatic heterocycles. The highest BCUT2D eigenvalue weighted by Crippen LogP contribution is 2.37. The van der Waals surface area contributed by atoms with Crippen LogP contribution >= 0.6 is 11.6 Å². The van der Waals surface area contributed by atoms with Gasteiger partial charge in [-0.25, -0.2) is 0 Å². The predicted molar refractivity (Wildman–Crippen MR) is 99.9 cm³/mol. The molecular weight excluding hydrogens is 338 g/mol. The second-order valence-corrected chi connectivity index (χ2v) is 6.71. The van der Waals surface area contributed by atoms with Gasteiger partial charge in [-0.05, 0) is 31.4 Å². The lowest BCUT2D eigenvalue weighted by Crippen LogP contribution is -2.13. The predicted octanol–water partition coefficient (Wildman–Crippen LogP) is 4.69. The molecule has 1 N–H and O–H groups in total. The zero-order valence-corrected chi connectivity index (χ0v) is 15.3. The molecule has 132 valence electrons. The summed E-state index contributed by atoms with van der Waals surface area (Å²) in [7, 11) is 0.